The first-order valence-corrected chi connectivity index (χ1v) is 12.3. The number of aryl methyl sites for hydroxylation is 1. The van der Waals surface area contributed by atoms with Crippen molar-refractivity contribution < 1.29 is 0 Å². The Balaban J connectivity index is 2.01. The summed E-state index contributed by atoms with van der Waals surface area (Å²) in [5.41, 5.74) is 2.94. The monoisotopic (exact) mass is 382 g/mol. The molecule has 1 heteroatoms. The molecule has 0 aliphatic carbocycles. The predicted molar refractivity (Wildman–Crippen MR) is 126 cm³/mol. The van der Waals surface area contributed by atoms with Crippen molar-refractivity contribution in [3.8, 4) is 0 Å². The third-order valence-electron chi connectivity index (χ3n) is 5.75. The molecule has 0 aliphatic rings. The van der Waals surface area contributed by atoms with Crippen LogP contribution in [0.1, 0.15) is 18.1 Å². The van der Waals surface area contributed by atoms with E-state index in [1.165, 1.54) is 27.0 Å². The Labute approximate surface area is 169 Å². The molecule has 0 radical (unpaired) electrons. The van der Waals surface area contributed by atoms with Gasteiger partial charge in [-0.3, -0.25) is 0 Å². The predicted octanol–water partition coefficient (Wildman–Crippen LogP) is 5.48. The van der Waals surface area contributed by atoms with Gasteiger partial charge in [-0.15, -0.1) is 0 Å². The van der Waals surface area contributed by atoms with Crippen molar-refractivity contribution in [2.24, 2.45) is 0 Å². The molecule has 0 fully saturated rings. The van der Waals surface area contributed by atoms with E-state index in [-0.39, 0.29) is 0 Å². The molecule has 0 saturated carbocycles. The van der Waals surface area contributed by atoms with E-state index in [2.05, 4.69) is 122 Å². The molecule has 0 amide bonds. The van der Waals surface area contributed by atoms with Gasteiger partial charge in [0.2, 0.25) is 0 Å². The number of rotatable bonds is 6. The minimum absolute atomic E-state index is 1.07. The van der Waals surface area contributed by atoms with Crippen molar-refractivity contribution in [2.45, 2.75) is 19.5 Å². The van der Waals surface area contributed by atoms with Crippen molar-refractivity contribution in [3.63, 3.8) is 0 Å². The maximum absolute atomic E-state index is 2.33. The van der Waals surface area contributed by atoms with Crippen LogP contribution in [0.5, 0.6) is 0 Å². The van der Waals surface area contributed by atoms with Gasteiger partial charge < -0.3 is 0 Å². The summed E-state index contributed by atoms with van der Waals surface area (Å²) in [5.74, 6) is 0. The van der Waals surface area contributed by atoms with E-state index in [1.54, 1.807) is 0 Å². The number of hydrogen-bond acceptors (Lipinski definition) is 0. The fraction of sp³-hybridized carbons (Fsp3) is 0.111. The van der Waals surface area contributed by atoms with Gasteiger partial charge in [-0.1, -0.05) is 0 Å². The molecule has 4 aromatic rings. The van der Waals surface area contributed by atoms with Gasteiger partial charge in [0.15, 0.2) is 0 Å². The molecule has 0 unspecified atom stereocenters. The van der Waals surface area contributed by atoms with Crippen LogP contribution in [0, 0.1) is 0 Å². The Morgan fingerprint density at radius 3 is 1.21 bits per heavy atom. The van der Waals surface area contributed by atoms with Gasteiger partial charge in [-0.25, -0.2) is 0 Å². The van der Waals surface area contributed by atoms with Gasteiger partial charge >= 0.3 is 169 Å². The molecule has 0 saturated heterocycles. The normalized spacial score (nSPS) is 11.9. The molecular weight excluding hydrogens is 355 g/mol. The maximum atomic E-state index is 2.33. The zero-order chi connectivity index (χ0) is 19.2. The second kappa shape index (κ2) is 8.55. The van der Waals surface area contributed by atoms with Crippen molar-refractivity contribution in [2.75, 3.05) is 0 Å². The van der Waals surface area contributed by atoms with E-state index < -0.39 is 7.26 Å². The topological polar surface area (TPSA) is 0 Å². The van der Waals surface area contributed by atoms with Gasteiger partial charge in [0.25, 0.3) is 0 Å². The SMILES string of the molecule is CCc1ccccc1C[PH](c1ccccc1)(c1ccccc1)c1ccccc1. The van der Waals surface area contributed by atoms with Crippen molar-refractivity contribution in [3.05, 3.63) is 126 Å². The molecule has 0 atom stereocenters. The van der Waals surface area contributed by atoms with Crippen LogP contribution in [-0.4, -0.2) is 0 Å². The van der Waals surface area contributed by atoms with Crippen molar-refractivity contribution in [1.29, 1.82) is 0 Å². The summed E-state index contributed by atoms with van der Waals surface area (Å²) in [7, 11) is -2.21. The second-order valence-electron chi connectivity index (χ2n) is 7.30. The van der Waals surface area contributed by atoms with Crippen LogP contribution in [-0.2, 0) is 12.6 Å². The van der Waals surface area contributed by atoms with E-state index >= 15 is 0 Å². The summed E-state index contributed by atoms with van der Waals surface area (Å²) in [5, 5.41) is 4.41. The molecule has 0 aliphatic heterocycles. The first-order chi connectivity index (χ1) is 13.8. The molecular formula is C27H27P. The number of hydrogen-bond donors (Lipinski definition) is 0. The second-order valence-corrected chi connectivity index (χ2v) is 11.2. The van der Waals surface area contributed by atoms with E-state index in [9.17, 15) is 0 Å². The summed E-state index contributed by atoms with van der Waals surface area (Å²) < 4.78 is 0. The first kappa shape index (κ1) is 18.7. The molecule has 4 rings (SSSR count). The first-order valence-electron chi connectivity index (χ1n) is 10.1. The van der Waals surface area contributed by atoms with Gasteiger partial charge in [-0.2, -0.15) is 0 Å². The van der Waals surface area contributed by atoms with Gasteiger partial charge in [-0.05, 0) is 0 Å². The van der Waals surface area contributed by atoms with Crippen LogP contribution >= 0.6 is 7.26 Å². The van der Waals surface area contributed by atoms with Crippen molar-refractivity contribution >= 4 is 23.2 Å². The van der Waals surface area contributed by atoms with Crippen LogP contribution < -0.4 is 15.9 Å². The molecule has 0 aromatic heterocycles. The van der Waals surface area contributed by atoms with Crippen LogP contribution in [0.2, 0.25) is 0 Å². The molecule has 0 N–H and O–H groups in total. The van der Waals surface area contributed by atoms with Gasteiger partial charge in [0.1, 0.15) is 0 Å². The number of benzene rings is 4. The zero-order valence-corrected chi connectivity index (χ0v) is 17.4. The fourth-order valence-electron chi connectivity index (χ4n) is 4.33. The molecule has 28 heavy (non-hydrogen) atoms. The average molecular weight is 382 g/mol. The molecule has 0 spiro atoms. The van der Waals surface area contributed by atoms with E-state index in [1.807, 2.05) is 0 Å². The zero-order valence-electron chi connectivity index (χ0n) is 16.4. The van der Waals surface area contributed by atoms with Crippen LogP contribution in [0.25, 0.3) is 0 Å². The Hall–Kier alpha value is -2.69. The third kappa shape index (κ3) is 3.53. The summed E-state index contributed by atoms with van der Waals surface area (Å²) in [6.07, 6.45) is 2.15. The standard InChI is InChI=1S/C27H27P/c1-2-23-14-12-13-15-24(23)22-28(25-16-6-3-7-17-25,26-18-8-4-9-19-26)27-20-10-5-11-21-27/h3-21,28H,2,22H2,1H3. The van der Waals surface area contributed by atoms with Crippen LogP contribution in [0.3, 0.4) is 0 Å². The minimum atomic E-state index is -2.21. The van der Waals surface area contributed by atoms with E-state index in [0.29, 0.717) is 0 Å². The van der Waals surface area contributed by atoms with E-state index in [0.717, 1.165) is 12.6 Å². The summed E-state index contributed by atoms with van der Waals surface area (Å²) in [4.78, 5) is 0. The van der Waals surface area contributed by atoms with Gasteiger partial charge in [0.05, 0.1) is 0 Å². The summed E-state index contributed by atoms with van der Waals surface area (Å²) >= 11 is 0. The average Bonchev–Trinajstić information content (AvgIpc) is 2.79. The van der Waals surface area contributed by atoms with Crippen LogP contribution in [0.4, 0.5) is 0 Å². The molecule has 0 bridgehead atoms. The molecule has 0 nitrogen and oxygen atoms in total. The summed E-state index contributed by atoms with van der Waals surface area (Å²) in [6, 6.07) is 42.5. The molecule has 4 aromatic carbocycles. The third-order valence-corrected chi connectivity index (χ3v) is 10.6. The summed E-state index contributed by atoms with van der Waals surface area (Å²) in [6.45, 7) is 2.26. The van der Waals surface area contributed by atoms with Gasteiger partial charge in [0, 0.05) is 0 Å². The van der Waals surface area contributed by atoms with E-state index in [4.69, 9.17) is 0 Å². The Morgan fingerprint density at radius 2 is 0.821 bits per heavy atom. The van der Waals surface area contributed by atoms with Crippen LogP contribution in [0.15, 0.2) is 115 Å². The fourth-order valence-corrected chi connectivity index (χ4v) is 9.15. The Morgan fingerprint density at radius 1 is 0.464 bits per heavy atom. The molecule has 0 heterocycles. The van der Waals surface area contributed by atoms with Crippen molar-refractivity contribution in [1.82, 2.24) is 0 Å². The quantitative estimate of drug-likeness (QED) is 0.388. The Bertz CT molecular complexity index is 911. The molecule has 140 valence electrons. The Kier molecular flexibility index (Phi) is 5.70.